The van der Waals surface area contributed by atoms with E-state index in [1.807, 2.05) is 31.2 Å². The zero-order valence-corrected chi connectivity index (χ0v) is 11.4. The molecule has 0 aliphatic carbocycles. The second kappa shape index (κ2) is 5.50. The van der Waals surface area contributed by atoms with Crippen molar-refractivity contribution < 1.29 is 9.13 Å². The minimum absolute atomic E-state index is 0.000911. The van der Waals surface area contributed by atoms with Crippen molar-refractivity contribution in [3.63, 3.8) is 0 Å². The van der Waals surface area contributed by atoms with E-state index in [4.69, 9.17) is 10.5 Å². The number of benzene rings is 2. The van der Waals surface area contributed by atoms with Crippen LogP contribution >= 0.6 is 15.9 Å². The van der Waals surface area contributed by atoms with Crippen molar-refractivity contribution in [2.75, 3.05) is 0 Å². The van der Waals surface area contributed by atoms with Gasteiger partial charge in [0.2, 0.25) is 0 Å². The van der Waals surface area contributed by atoms with Crippen LogP contribution in [0.1, 0.15) is 18.5 Å². The van der Waals surface area contributed by atoms with E-state index in [0.717, 1.165) is 5.56 Å². The van der Waals surface area contributed by atoms with Crippen molar-refractivity contribution in [2.45, 2.75) is 13.0 Å². The third-order valence-corrected chi connectivity index (χ3v) is 3.14. The Balaban J connectivity index is 2.15. The molecule has 18 heavy (non-hydrogen) atoms. The molecular formula is C14H13BrFNO. The Bertz CT molecular complexity index is 540. The second-order valence-corrected chi connectivity index (χ2v) is 4.89. The van der Waals surface area contributed by atoms with E-state index in [-0.39, 0.29) is 11.9 Å². The number of hydrogen-bond donors (Lipinski definition) is 1. The van der Waals surface area contributed by atoms with Gasteiger partial charge in [0.1, 0.15) is 17.3 Å². The normalized spacial score (nSPS) is 12.2. The standard InChI is InChI=1S/C14H13BrFNO/c1-9(17)10-2-4-11(5-3-10)18-12-6-7-14(16)13(15)8-12/h2-9H,17H2,1H3/t9-/m0/s1. The molecule has 0 heterocycles. The number of rotatable bonds is 3. The Morgan fingerprint density at radius 2 is 1.72 bits per heavy atom. The minimum atomic E-state index is -0.311. The summed E-state index contributed by atoms with van der Waals surface area (Å²) in [5.74, 6) is 0.962. The molecule has 94 valence electrons. The summed E-state index contributed by atoms with van der Waals surface area (Å²) in [6.45, 7) is 1.92. The van der Waals surface area contributed by atoms with Crippen molar-refractivity contribution in [3.8, 4) is 11.5 Å². The molecule has 2 aromatic carbocycles. The molecule has 0 aliphatic heterocycles. The Morgan fingerprint density at radius 3 is 2.28 bits per heavy atom. The molecule has 2 nitrogen and oxygen atoms in total. The molecule has 0 aromatic heterocycles. The van der Waals surface area contributed by atoms with E-state index < -0.39 is 0 Å². The van der Waals surface area contributed by atoms with E-state index in [1.54, 1.807) is 12.1 Å². The van der Waals surface area contributed by atoms with Crippen LogP contribution in [0, 0.1) is 5.82 Å². The second-order valence-electron chi connectivity index (χ2n) is 4.04. The molecule has 0 saturated carbocycles. The molecule has 0 saturated heterocycles. The highest BCUT2D eigenvalue weighted by Crippen LogP contribution is 2.27. The van der Waals surface area contributed by atoms with Gasteiger partial charge in [-0.1, -0.05) is 12.1 Å². The molecule has 2 rings (SSSR count). The largest absolute Gasteiger partial charge is 0.457 e. The molecule has 0 fully saturated rings. The van der Waals surface area contributed by atoms with Gasteiger partial charge in [0, 0.05) is 6.04 Å². The van der Waals surface area contributed by atoms with Gasteiger partial charge in [-0.15, -0.1) is 0 Å². The third kappa shape index (κ3) is 3.09. The number of ether oxygens (including phenoxy) is 1. The molecule has 0 bridgehead atoms. The Hall–Kier alpha value is -1.39. The molecule has 4 heteroatoms. The zero-order valence-electron chi connectivity index (χ0n) is 9.86. The highest BCUT2D eigenvalue weighted by Gasteiger charge is 2.03. The maximum absolute atomic E-state index is 13.1. The molecular weight excluding hydrogens is 297 g/mol. The number of hydrogen-bond acceptors (Lipinski definition) is 2. The fourth-order valence-electron chi connectivity index (χ4n) is 1.52. The number of halogens is 2. The average molecular weight is 310 g/mol. The third-order valence-electron chi connectivity index (χ3n) is 2.53. The molecule has 0 radical (unpaired) electrons. The Kier molecular flexibility index (Phi) is 3.99. The molecule has 2 aromatic rings. The van der Waals surface area contributed by atoms with Gasteiger partial charge in [-0.3, -0.25) is 0 Å². The fraction of sp³-hybridized carbons (Fsp3) is 0.143. The predicted octanol–water partition coefficient (Wildman–Crippen LogP) is 4.40. The van der Waals surface area contributed by atoms with Crippen molar-refractivity contribution in [1.82, 2.24) is 0 Å². The van der Waals surface area contributed by atoms with Crippen LogP contribution in [-0.4, -0.2) is 0 Å². The lowest BCUT2D eigenvalue weighted by Gasteiger charge is -2.09. The maximum atomic E-state index is 13.1. The van der Waals surface area contributed by atoms with Crippen LogP contribution in [0.4, 0.5) is 4.39 Å². The van der Waals surface area contributed by atoms with Gasteiger partial charge in [-0.05, 0) is 58.7 Å². The van der Waals surface area contributed by atoms with Crippen LogP contribution in [0.3, 0.4) is 0 Å². The first-order chi connectivity index (χ1) is 8.56. The highest BCUT2D eigenvalue weighted by molar-refractivity contribution is 9.10. The summed E-state index contributed by atoms with van der Waals surface area (Å²) in [7, 11) is 0. The lowest BCUT2D eigenvalue weighted by atomic mass is 10.1. The highest BCUT2D eigenvalue weighted by atomic mass is 79.9. The summed E-state index contributed by atoms with van der Waals surface area (Å²) in [4.78, 5) is 0. The van der Waals surface area contributed by atoms with Crippen LogP contribution < -0.4 is 10.5 Å². The van der Waals surface area contributed by atoms with Crippen LogP contribution in [0.2, 0.25) is 0 Å². The fourth-order valence-corrected chi connectivity index (χ4v) is 1.87. The van der Waals surface area contributed by atoms with E-state index in [0.29, 0.717) is 16.0 Å². The predicted molar refractivity (Wildman–Crippen MR) is 73.2 cm³/mol. The van der Waals surface area contributed by atoms with Gasteiger partial charge in [0.05, 0.1) is 4.47 Å². The summed E-state index contributed by atoms with van der Waals surface area (Å²) in [6, 6.07) is 12.0. The molecule has 2 N–H and O–H groups in total. The van der Waals surface area contributed by atoms with E-state index in [9.17, 15) is 4.39 Å². The summed E-state index contributed by atoms with van der Waals surface area (Å²) in [6.07, 6.45) is 0. The summed E-state index contributed by atoms with van der Waals surface area (Å²) in [5.41, 5.74) is 6.81. The zero-order chi connectivity index (χ0) is 13.1. The van der Waals surface area contributed by atoms with Crippen molar-refractivity contribution in [3.05, 3.63) is 58.3 Å². The lowest BCUT2D eigenvalue weighted by molar-refractivity contribution is 0.479. The molecule has 0 spiro atoms. The summed E-state index contributed by atoms with van der Waals surface area (Å²) < 4.78 is 19.1. The molecule has 1 atom stereocenters. The van der Waals surface area contributed by atoms with Crippen molar-refractivity contribution in [2.24, 2.45) is 5.73 Å². The molecule has 0 amide bonds. The van der Waals surface area contributed by atoms with Gasteiger partial charge in [0.15, 0.2) is 0 Å². The Labute approximate surface area is 114 Å². The lowest BCUT2D eigenvalue weighted by Crippen LogP contribution is -2.04. The van der Waals surface area contributed by atoms with Crippen molar-refractivity contribution in [1.29, 1.82) is 0 Å². The van der Waals surface area contributed by atoms with Gasteiger partial charge >= 0.3 is 0 Å². The van der Waals surface area contributed by atoms with E-state index >= 15 is 0 Å². The van der Waals surface area contributed by atoms with E-state index in [2.05, 4.69) is 15.9 Å². The monoisotopic (exact) mass is 309 g/mol. The van der Waals surface area contributed by atoms with Crippen LogP contribution in [-0.2, 0) is 0 Å². The first-order valence-corrected chi connectivity index (χ1v) is 6.34. The van der Waals surface area contributed by atoms with Gasteiger partial charge < -0.3 is 10.5 Å². The first-order valence-electron chi connectivity index (χ1n) is 5.54. The summed E-state index contributed by atoms with van der Waals surface area (Å²) in [5, 5.41) is 0. The maximum Gasteiger partial charge on any atom is 0.137 e. The van der Waals surface area contributed by atoms with Gasteiger partial charge in [-0.25, -0.2) is 4.39 Å². The van der Waals surface area contributed by atoms with Gasteiger partial charge in [0.25, 0.3) is 0 Å². The quantitative estimate of drug-likeness (QED) is 0.912. The van der Waals surface area contributed by atoms with Crippen LogP contribution in [0.5, 0.6) is 11.5 Å². The smallest absolute Gasteiger partial charge is 0.137 e. The average Bonchev–Trinajstić information content (AvgIpc) is 2.34. The Morgan fingerprint density at radius 1 is 1.11 bits per heavy atom. The SMILES string of the molecule is C[C@H](N)c1ccc(Oc2ccc(F)c(Br)c2)cc1. The summed E-state index contributed by atoms with van der Waals surface area (Å²) >= 11 is 3.12. The van der Waals surface area contributed by atoms with Crippen LogP contribution in [0.15, 0.2) is 46.9 Å². The number of nitrogens with two attached hydrogens (primary N) is 1. The van der Waals surface area contributed by atoms with Crippen molar-refractivity contribution >= 4 is 15.9 Å². The van der Waals surface area contributed by atoms with E-state index in [1.165, 1.54) is 6.07 Å². The molecule has 0 unspecified atom stereocenters. The topological polar surface area (TPSA) is 35.2 Å². The van der Waals surface area contributed by atoms with Crippen LogP contribution in [0.25, 0.3) is 0 Å². The van der Waals surface area contributed by atoms with Gasteiger partial charge in [-0.2, -0.15) is 0 Å². The molecule has 0 aliphatic rings. The first kappa shape index (κ1) is 13.1. The minimum Gasteiger partial charge on any atom is -0.457 e.